The summed E-state index contributed by atoms with van der Waals surface area (Å²) in [4.78, 5) is 26.7. The first kappa shape index (κ1) is 14.8. The van der Waals surface area contributed by atoms with Gasteiger partial charge in [0.1, 0.15) is 11.8 Å². The van der Waals surface area contributed by atoms with Crippen LogP contribution >= 0.6 is 0 Å². The van der Waals surface area contributed by atoms with Crippen LogP contribution in [0.15, 0.2) is 0 Å². The van der Waals surface area contributed by atoms with E-state index in [9.17, 15) is 9.59 Å². The maximum atomic E-state index is 12.5. The monoisotopic (exact) mass is 294 g/mol. The van der Waals surface area contributed by atoms with Crippen LogP contribution < -0.4 is 5.32 Å². The number of rotatable bonds is 3. The SMILES string of the molecule is CCC(=O)N1[C@@H](C(=O)NC2CC2)CO[C@]12CCC[C@H](C)C2. The first-order valence-electron chi connectivity index (χ1n) is 8.32. The van der Waals surface area contributed by atoms with Crippen LogP contribution in [0, 0.1) is 5.92 Å². The largest absolute Gasteiger partial charge is 0.353 e. The van der Waals surface area contributed by atoms with E-state index in [0.29, 0.717) is 25.0 Å². The van der Waals surface area contributed by atoms with E-state index in [1.165, 1.54) is 6.42 Å². The quantitative estimate of drug-likeness (QED) is 0.863. The Bertz CT molecular complexity index is 433. The Kier molecular flexibility index (Phi) is 3.95. The molecule has 2 saturated carbocycles. The Labute approximate surface area is 126 Å². The van der Waals surface area contributed by atoms with E-state index in [2.05, 4.69) is 12.2 Å². The van der Waals surface area contributed by atoms with Crippen molar-refractivity contribution in [2.45, 2.75) is 76.6 Å². The molecule has 0 aromatic heterocycles. The second-order valence-electron chi connectivity index (χ2n) is 6.87. The van der Waals surface area contributed by atoms with E-state index in [1.807, 2.05) is 6.92 Å². The van der Waals surface area contributed by atoms with Gasteiger partial charge in [0.05, 0.1) is 6.61 Å². The fraction of sp³-hybridized carbons (Fsp3) is 0.875. The molecule has 3 aliphatic rings. The van der Waals surface area contributed by atoms with Gasteiger partial charge in [-0.2, -0.15) is 0 Å². The molecule has 0 bridgehead atoms. The minimum Gasteiger partial charge on any atom is -0.353 e. The summed E-state index contributed by atoms with van der Waals surface area (Å²) in [6, 6.07) is -0.124. The van der Waals surface area contributed by atoms with Gasteiger partial charge in [-0.1, -0.05) is 20.3 Å². The number of carbonyl (C=O) groups excluding carboxylic acids is 2. The third-order valence-electron chi connectivity index (χ3n) is 4.99. The molecule has 1 aliphatic heterocycles. The number of carbonyl (C=O) groups is 2. The van der Waals surface area contributed by atoms with Gasteiger partial charge in [-0.15, -0.1) is 0 Å². The molecular formula is C16H26N2O3. The molecule has 21 heavy (non-hydrogen) atoms. The lowest BCUT2D eigenvalue weighted by molar-refractivity contribution is -0.162. The fourth-order valence-electron chi connectivity index (χ4n) is 3.78. The van der Waals surface area contributed by atoms with Gasteiger partial charge in [-0.05, 0) is 38.0 Å². The fourth-order valence-corrected chi connectivity index (χ4v) is 3.78. The molecule has 3 rings (SSSR count). The Morgan fingerprint density at radius 1 is 1.33 bits per heavy atom. The van der Waals surface area contributed by atoms with Gasteiger partial charge < -0.3 is 10.1 Å². The van der Waals surface area contributed by atoms with Crippen molar-refractivity contribution >= 4 is 11.8 Å². The highest BCUT2D eigenvalue weighted by Gasteiger charge is 2.53. The summed E-state index contributed by atoms with van der Waals surface area (Å²) in [6.45, 7) is 4.41. The van der Waals surface area contributed by atoms with E-state index < -0.39 is 11.8 Å². The van der Waals surface area contributed by atoms with Crippen LogP contribution in [0.4, 0.5) is 0 Å². The molecule has 3 atom stereocenters. The van der Waals surface area contributed by atoms with Crippen LogP contribution in [0.1, 0.15) is 58.8 Å². The van der Waals surface area contributed by atoms with Crippen molar-refractivity contribution in [3.63, 3.8) is 0 Å². The summed E-state index contributed by atoms with van der Waals surface area (Å²) in [5.74, 6) is 0.545. The summed E-state index contributed by atoms with van der Waals surface area (Å²) in [5, 5.41) is 3.03. The van der Waals surface area contributed by atoms with Crippen LogP contribution in [-0.2, 0) is 14.3 Å². The van der Waals surface area contributed by atoms with Crippen LogP contribution in [0.3, 0.4) is 0 Å². The number of hydrogen-bond donors (Lipinski definition) is 1. The van der Waals surface area contributed by atoms with E-state index in [-0.39, 0.29) is 11.8 Å². The first-order valence-corrected chi connectivity index (χ1v) is 8.32. The number of nitrogens with zero attached hydrogens (tertiary/aromatic N) is 1. The summed E-state index contributed by atoms with van der Waals surface area (Å²) >= 11 is 0. The highest BCUT2D eigenvalue weighted by atomic mass is 16.5. The zero-order chi connectivity index (χ0) is 15.0. The second kappa shape index (κ2) is 5.59. The number of ether oxygens (including phenoxy) is 1. The maximum absolute atomic E-state index is 12.5. The normalized spacial score (nSPS) is 36.0. The predicted octanol–water partition coefficient (Wildman–Crippen LogP) is 1.81. The molecule has 2 aliphatic carbocycles. The van der Waals surface area contributed by atoms with Gasteiger partial charge in [0.2, 0.25) is 11.8 Å². The zero-order valence-corrected chi connectivity index (χ0v) is 13.1. The van der Waals surface area contributed by atoms with E-state index in [1.54, 1.807) is 4.90 Å². The predicted molar refractivity (Wildman–Crippen MR) is 78.4 cm³/mol. The van der Waals surface area contributed by atoms with Crippen LogP contribution in [0.2, 0.25) is 0 Å². The molecule has 5 heteroatoms. The minimum absolute atomic E-state index is 0.0330. The summed E-state index contributed by atoms with van der Waals surface area (Å²) in [5.41, 5.74) is -0.531. The van der Waals surface area contributed by atoms with E-state index >= 15 is 0 Å². The average Bonchev–Trinajstić information content (AvgIpc) is 3.19. The van der Waals surface area contributed by atoms with Crippen molar-refractivity contribution in [3.8, 4) is 0 Å². The zero-order valence-electron chi connectivity index (χ0n) is 13.1. The van der Waals surface area contributed by atoms with Gasteiger partial charge in [0, 0.05) is 12.5 Å². The second-order valence-corrected chi connectivity index (χ2v) is 6.87. The number of amides is 2. The van der Waals surface area contributed by atoms with Gasteiger partial charge >= 0.3 is 0 Å². The molecule has 0 aromatic rings. The molecule has 1 N–H and O–H groups in total. The van der Waals surface area contributed by atoms with E-state index in [0.717, 1.165) is 32.1 Å². The van der Waals surface area contributed by atoms with Crippen molar-refractivity contribution in [2.24, 2.45) is 5.92 Å². The average molecular weight is 294 g/mol. The maximum Gasteiger partial charge on any atom is 0.245 e. The molecule has 1 spiro atoms. The van der Waals surface area contributed by atoms with Crippen molar-refractivity contribution in [2.75, 3.05) is 6.61 Å². The number of hydrogen-bond acceptors (Lipinski definition) is 3. The Morgan fingerprint density at radius 3 is 2.71 bits per heavy atom. The standard InChI is InChI=1S/C16H26N2O3/c1-3-14(19)18-13(15(20)17-12-6-7-12)10-21-16(18)8-4-5-11(2)9-16/h11-13H,3-10H2,1-2H3,(H,17,20)/t11-,13+,16-/m0/s1. The van der Waals surface area contributed by atoms with Crippen molar-refractivity contribution in [1.29, 1.82) is 0 Å². The third-order valence-corrected chi connectivity index (χ3v) is 4.99. The molecule has 1 heterocycles. The lowest BCUT2D eigenvalue weighted by atomic mass is 9.83. The summed E-state index contributed by atoms with van der Waals surface area (Å²) in [7, 11) is 0. The number of nitrogens with one attached hydrogen (secondary N) is 1. The van der Waals surface area contributed by atoms with Gasteiger partial charge in [0.25, 0.3) is 0 Å². The summed E-state index contributed by atoms with van der Waals surface area (Å²) in [6.07, 6.45) is 6.49. The van der Waals surface area contributed by atoms with Crippen molar-refractivity contribution < 1.29 is 14.3 Å². The molecule has 0 radical (unpaired) electrons. The van der Waals surface area contributed by atoms with Gasteiger partial charge in [0.15, 0.2) is 0 Å². The van der Waals surface area contributed by atoms with Crippen molar-refractivity contribution in [3.05, 3.63) is 0 Å². The summed E-state index contributed by atoms with van der Waals surface area (Å²) < 4.78 is 6.07. The molecule has 2 amide bonds. The minimum atomic E-state index is -0.531. The Morgan fingerprint density at radius 2 is 2.10 bits per heavy atom. The molecule has 3 fully saturated rings. The van der Waals surface area contributed by atoms with Crippen LogP contribution in [-0.4, -0.2) is 41.1 Å². The molecular weight excluding hydrogens is 268 g/mol. The lowest BCUT2D eigenvalue weighted by Gasteiger charge is -2.43. The topological polar surface area (TPSA) is 58.6 Å². The Balaban J connectivity index is 1.80. The van der Waals surface area contributed by atoms with E-state index in [4.69, 9.17) is 4.74 Å². The van der Waals surface area contributed by atoms with Crippen LogP contribution in [0.25, 0.3) is 0 Å². The molecule has 5 nitrogen and oxygen atoms in total. The highest BCUT2D eigenvalue weighted by Crippen LogP contribution is 2.43. The third kappa shape index (κ3) is 2.80. The Hall–Kier alpha value is -1.10. The molecule has 1 saturated heterocycles. The lowest BCUT2D eigenvalue weighted by Crippen LogP contribution is -2.57. The molecule has 118 valence electrons. The van der Waals surface area contributed by atoms with Gasteiger partial charge in [-0.3, -0.25) is 14.5 Å². The highest BCUT2D eigenvalue weighted by molar-refractivity contribution is 5.89. The first-order chi connectivity index (χ1) is 10.1. The van der Waals surface area contributed by atoms with Crippen LogP contribution in [0.5, 0.6) is 0 Å². The molecule has 0 aromatic carbocycles. The van der Waals surface area contributed by atoms with Crippen molar-refractivity contribution in [1.82, 2.24) is 10.2 Å². The molecule has 0 unspecified atom stereocenters. The van der Waals surface area contributed by atoms with Gasteiger partial charge in [-0.25, -0.2) is 0 Å². The smallest absolute Gasteiger partial charge is 0.245 e.